The lowest BCUT2D eigenvalue weighted by Gasteiger charge is -2.27. The Hall–Kier alpha value is -5.93. The minimum Gasteiger partial charge on any atom is -0.272 e. The van der Waals surface area contributed by atoms with Gasteiger partial charge >= 0.3 is 0 Å². The molecule has 2 heterocycles. The van der Waals surface area contributed by atoms with E-state index in [4.69, 9.17) is 15.0 Å². The summed E-state index contributed by atoms with van der Waals surface area (Å²) in [5.74, 6) is 0. The molecule has 242 valence electrons. The van der Waals surface area contributed by atoms with Crippen molar-refractivity contribution < 1.29 is 0 Å². The van der Waals surface area contributed by atoms with Crippen molar-refractivity contribution in [2.24, 2.45) is 9.98 Å². The summed E-state index contributed by atoms with van der Waals surface area (Å²) in [7, 11) is 0. The fraction of sp³-hybridized carbons (Fsp3) is 0.128. The van der Waals surface area contributed by atoms with Gasteiger partial charge in [0.15, 0.2) is 0 Å². The Balaban J connectivity index is 1.30. The molecule has 0 saturated carbocycles. The van der Waals surface area contributed by atoms with E-state index in [9.17, 15) is 0 Å². The van der Waals surface area contributed by atoms with Crippen molar-refractivity contribution in [1.82, 2.24) is 4.98 Å². The quantitative estimate of drug-likeness (QED) is 0.162. The summed E-state index contributed by atoms with van der Waals surface area (Å²) in [6, 6.07) is 43.3. The Kier molecular flexibility index (Phi) is 8.71. The van der Waals surface area contributed by atoms with Crippen LogP contribution in [0.25, 0.3) is 22.3 Å². The lowest BCUT2D eigenvalue weighted by molar-refractivity contribution is 0.697. The zero-order valence-electron chi connectivity index (χ0n) is 28.5. The number of benzene rings is 4. The number of hydrogen-bond donors (Lipinski definition) is 0. The Morgan fingerprint density at radius 1 is 0.560 bits per heavy atom. The zero-order chi connectivity index (χ0) is 33.9. The van der Waals surface area contributed by atoms with E-state index < -0.39 is 0 Å². The summed E-state index contributed by atoms with van der Waals surface area (Å²) in [4.78, 5) is 15.6. The summed E-state index contributed by atoms with van der Waals surface area (Å²) < 4.78 is 0. The molecule has 1 aromatic heterocycles. The van der Waals surface area contributed by atoms with E-state index in [0.29, 0.717) is 0 Å². The van der Waals surface area contributed by atoms with Gasteiger partial charge in [0, 0.05) is 28.1 Å². The lowest BCUT2D eigenvalue weighted by atomic mass is 9.83. The predicted molar refractivity (Wildman–Crippen MR) is 210 cm³/mol. The first-order valence-electron chi connectivity index (χ1n) is 17.5. The fourth-order valence-corrected chi connectivity index (χ4v) is 7.23. The van der Waals surface area contributed by atoms with Crippen molar-refractivity contribution in [2.75, 3.05) is 0 Å². The molecule has 2 atom stereocenters. The Labute approximate surface area is 295 Å². The minimum atomic E-state index is -0.0441. The Morgan fingerprint density at radius 3 is 1.78 bits per heavy atom. The molecule has 0 spiro atoms. The van der Waals surface area contributed by atoms with Crippen LogP contribution in [0.2, 0.25) is 0 Å². The number of fused-ring (bicyclic) bond motifs is 1. The van der Waals surface area contributed by atoms with Gasteiger partial charge in [0.1, 0.15) is 0 Å². The second-order valence-corrected chi connectivity index (χ2v) is 13.1. The van der Waals surface area contributed by atoms with Gasteiger partial charge in [-0.3, -0.25) is 15.0 Å². The molecule has 3 heteroatoms. The molecule has 3 nitrogen and oxygen atoms in total. The average Bonchev–Trinajstić information content (AvgIpc) is 3.17. The third-order valence-electron chi connectivity index (χ3n) is 9.61. The van der Waals surface area contributed by atoms with E-state index >= 15 is 0 Å². The molecule has 2 unspecified atom stereocenters. The summed E-state index contributed by atoms with van der Waals surface area (Å²) >= 11 is 0. The molecule has 1 aliphatic heterocycles. The van der Waals surface area contributed by atoms with Gasteiger partial charge in [-0.25, -0.2) is 0 Å². The second kappa shape index (κ2) is 13.9. The molecular weight excluding hydrogens is 607 g/mol. The number of pyridine rings is 1. The first kappa shape index (κ1) is 31.3. The number of rotatable bonds is 7. The van der Waals surface area contributed by atoms with Crippen LogP contribution in [0.5, 0.6) is 0 Å². The number of aliphatic imine (C=N–C) groups is 2. The van der Waals surface area contributed by atoms with Crippen LogP contribution in [0, 0.1) is 13.8 Å². The van der Waals surface area contributed by atoms with Crippen LogP contribution >= 0.6 is 0 Å². The van der Waals surface area contributed by atoms with E-state index in [1.54, 1.807) is 0 Å². The van der Waals surface area contributed by atoms with Crippen molar-refractivity contribution in [3.05, 3.63) is 209 Å². The highest BCUT2D eigenvalue weighted by Crippen LogP contribution is 2.39. The molecule has 0 fully saturated rings. The van der Waals surface area contributed by atoms with Crippen molar-refractivity contribution >= 4 is 22.6 Å². The third-order valence-corrected chi connectivity index (χ3v) is 9.61. The maximum atomic E-state index is 5.43. The third kappa shape index (κ3) is 6.31. The molecule has 0 radical (unpaired) electrons. The molecule has 50 heavy (non-hydrogen) atoms. The molecule has 5 aromatic rings. The number of aryl methyl sites for hydroxylation is 2. The summed E-state index contributed by atoms with van der Waals surface area (Å²) in [5.41, 5.74) is 15.4. The van der Waals surface area contributed by atoms with Crippen molar-refractivity contribution in [1.29, 1.82) is 0 Å². The smallest absolute Gasteiger partial charge is 0.0950 e. The van der Waals surface area contributed by atoms with Gasteiger partial charge in [-0.05, 0) is 83.9 Å². The standard InChI is InChI=1S/C47H39N3/c1-32-28-29-41(33(2)48-32)37-22-14-24-39(30-37)46-47(50-43-27-13-12-26-42(43)49-46)40-25-15-23-38(31-40)45(36-20-10-5-11-21-36)44(34-16-6-3-7-17-34)35-18-8-4-9-19-35/h3-4,6-10,12-31,42-43H,5,11H2,1-2H3. The highest BCUT2D eigenvalue weighted by Gasteiger charge is 2.28. The van der Waals surface area contributed by atoms with Crippen LogP contribution in [0.3, 0.4) is 0 Å². The van der Waals surface area contributed by atoms with Crippen LogP contribution in [0.4, 0.5) is 0 Å². The summed E-state index contributed by atoms with van der Waals surface area (Å²) in [6.45, 7) is 4.12. The van der Waals surface area contributed by atoms with Crippen LogP contribution in [0.15, 0.2) is 179 Å². The maximum absolute atomic E-state index is 5.43. The number of allylic oxidation sites excluding steroid dienone is 7. The van der Waals surface area contributed by atoms with E-state index in [0.717, 1.165) is 63.5 Å². The van der Waals surface area contributed by atoms with E-state index in [1.165, 1.54) is 27.8 Å². The first-order valence-corrected chi connectivity index (χ1v) is 17.5. The number of nitrogens with zero attached hydrogens (tertiary/aromatic N) is 3. The normalized spacial score (nSPS) is 17.8. The van der Waals surface area contributed by atoms with Gasteiger partial charge < -0.3 is 0 Å². The van der Waals surface area contributed by atoms with E-state index in [-0.39, 0.29) is 12.1 Å². The number of aromatic nitrogens is 1. The molecule has 4 aromatic carbocycles. The molecule has 3 aliphatic rings. The molecular formula is C47H39N3. The minimum absolute atomic E-state index is 0.0379. The van der Waals surface area contributed by atoms with Gasteiger partial charge in [0.2, 0.25) is 0 Å². The van der Waals surface area contributed by atoms with Gasteiger partial charge in [0.05, 0.1) is 23.5 Å². The molecule has 0 saturated heterocycles. The Morgan fingerprint density at radius 2 is 1.16 bits per heavy atom. The first-order chi connectivity index (χ1) is 24.6. The lowest BCUT2D eigenvalue weighted by Crippen LogP contribution is -2.33. The van der Waals surface area contributed by atoms with Gasteiger partial charge in [-0.2, -0.15) is 0 Å². The SMILES string of the molecule is Cc1ccc(-c2cccc(C3=NC4C=CC=CC4N=C3c3cccc(C(C4=CCCC=C4)=C(c4ccccc4)c4ccccc4)c3)c2)c(C)n1. The molecule has 2 aliphatic carbocycles. The van der Waals surface area contributed by atoms with Gasteiger partial charge in [-0.1, -0.05) is 146 Å². The maximum Gasteiger partial charge on any atom is 0.0950 e. The molecule has 0 N–H and O–H groups in total. The number of hydrogen-bond acceptors (Lipinski definition) is 3. The van der Waals surface area contributed by atoms with Crippen LogP contribution in [0.1, 0.15) is 52.0 Å². The highest BCUT2D eigenvalue weighted by molar-refractivity contribution is 6.54. The second-order valence-electron chi connectivity index (χ2n) is 13.1. The predicted octanol–water partition coefficient (Wildman–Crippen LogP) is 10.8. The van der Waals surface area contributed by atoms with E-state index in [1.807, 2.05) is 6.92 Å². The van der Waals surface area contributed by atoms with Crippen molar-refractivity contribution in [3.63, 3.8) is 0 Å². The Bertz CT molecular complexity index is 2240. The van der Waals surface area contributed by atoms with Crippen molar-refractivity contribution in [3.8, 4) is 11.1 Å². The van der Waals surface area contributed by atoms with Crippen molar-refractivity contribution in [2.45, 2.75) is 38.8 Å². The van der Waals surface area contributed by atoms with E-state index in [2.05, 4.69) is 171 Å². The fourth-order valence-electron chi connectivity index (χ4n) is 7.23. The van der Waals surface area contributed by atoms with Crippen LogP contribution in [-0.4, -0.2) is 28.5 Å². The van der Waals surface area contributed by atoms with Crippen LogP contribution < -0.4 is 0 Å². The average molecular weight is 646 g/mol. The molecule has 8 rings (SSSR count). The van der Waals surface area contributed by atoms with Gasteiger partial charge in [0.25, 0.3) is 0 Å². The van der Waals surface area contributed by atoms with Gasteiger partial charge in [-0.15, -0.1) is 0 Å². The highest BCUT2D eigenvalue weighted by atomic mass is 15.0. The topological polar surface area (TPSA) is 37.6 Å². The summed E-state index contributed by atoms with van der Waals surface area (Å²) in [5, 5.41) is 0. The zero-order valence-corrected chi connectivity index (χ0v) is 28.5. The molecule has 0 amide bonds. The monoisotopic (exact) mass is 645 g/mol. The molecule has 0 bridgehead atoms. The largest absolute Gasteiger partial charge is 0.272 e. The summed E-state index contributed by atoms with van der Waals surface area (Å²) in [6.07, 6.45) is 17.5. The van der Waals surface area contributed by atoms with Crippen LogP contribution in [-0.2, 0) is 0 Å².